The average molecular weight is 197 g/mol. The smallest absolute Gasteiger partial charge is 0.0349 e. The highest BCUT2D eigenvalue weighted by atomic mass is 15.3. The van der Waals surface area contributed by atoms with Crippen LogP contribution in [-0.4, -0.2) is 61.7 Å². The highest BCUT2D eigenvalue weighted by Crippen LogP contribution is 2.16. The summed E-state index contributed by atoms with van der Waals surface area (Å²) in [7, 11) is 2.23. The zero-order valence-electron chi connectivity index (χ0n) is 9.66. The van der Waals surface area contributed by atoms with Gasteiger partial charge in [-0.3, -0.25) is 4.90 Å². The highest BCUT2D eigenvalue weighted by molar-refractivity contribution is 4.91. The van der Waals surface area contributed by atoms with E-state index >= 15 is 0 Å². The molecule has 1 N–H and O–H groups in total. The largest absolute Gasteiger partial charge is 0.311 e. The van der Waals surface area contributed by atoms with Crippen molar-refractivity contribution < 1.29 is 0 Å². The van der Waals surface area contributed by atoms with Crippen LogP contribution in [0.25, 0.3) is 0 Å². The van der Waals surface area contributed by atoms with Crippen molar-refractivity contribution in [1.29, 1.82) is 0 Å². The van der Waals surface area contributed by atoms with Gasteiger partial charge in [0.05, 0.1) is 0 Å². The number of fused-ring (bicyclic) bond motifs is 1. The second-order valence-electron chi connectivity index (χ2n) is 5.17. The Balaban J connectivity index is 1.91. The molecule has 0 aromatic rings. The molecule has 0 aliphatic carbocycles. The zero-order chi connectivity index (χ0) is 10.1. The molecule has 2 aliphatic heterocycles. The molecule has 3 nitrogen and oxygen atoms in total. The van der Waals surface area contributed by atoms with E-state index < -0.39 is 0 Å². The number of hydrogen-bond acceptors (Lipinski definition) is 3. The summed E-state index contributed by atoms with van der Waals surface area (Å²) in [6, 6.07) is 1.46. The monoisotopic (exact) mass is 197 g/mol. The van der Waals surface area contributed by atoms with E-state index in [-0.39, 0.29) is 0 Å². The van der Waals surface area contributed by atoms with Crippen molar-refractivity contribution >= 4 is 0 Å². The molecule has 0 saturated carbocycles. The molecule has 2 rings (SSSR count). The Morgan fingerprint density at radius 2 is 2.00 bits per heavy atom. The number of nitrogens with zero attached hydrogens (tertiary/aromatic N) is 2. The van der Waals surface area contributed by atoms with Gasteiger partial charge >= 0.3 is 0 Å². The summed E-state index contributed by atoms with van der Waals surface area (Å²) in [5.74, 6) is 0.760. The van der Waals surface area contributed by atoms with Gasteiger partial charge in [0.15, 0.2) is 0 Å². The van der Waals surface area contributed by atoms with Gasteiger partial charge in [-0.15, -0.1) is 0 Å². The van der Waals surface area contributed by atoms with E-state index in [0.717, 1.165) is 12.0 Å². The van der Waals surface area contributed by atoms with Gasteiger partial charge in [0.1, 0.15) is 0 Å². The molecule has 2 saturated heterocycles. The molecule has 0 spiro atoms. The van der Waals surface area contributed by atoms with Gasteiger partial charge in [0.25, 0.3) is 0 Å². The van der Waals surface area contributed by atoms with Crippen LogP contribution in [0.5, 0.6) is 0 Å². The van der Waals surface area contributed by atoms with Gasteiger partial charge in [0, 0.05) is 44.8 Å². The van der Waals surface area contributed by atoms with Gasteiger partial charge in [0.2, 0.25) is 0 Å². The Hall–Kier alpha value is -0.120. The first-order valence-corrected chi connectivity index (χ1v) is 5.83. The Kier molecular flexibility index (Phi) is 3.10. The van der Waals surface area contributed by atoms with Crippen LogP contribution in [0.4, 0.5) is 0 Å². The quantitative estimate of drug-likeness (QED) is 0.649. The average Bonchev–Trinajstić information content (AvgIpc) is 2.16. The summed E-state index contributed by atoms with van der Waals surface area (Å²) < 4.78 is 0. The van der Waals surface area contributed by atoms with Gasteiger partial charge in [-0.2, -0.15) is 0 Å². The Morgan fingerprint density at radius 3 is 2.71 bits per heavy atom. The summed E-state index contributed by atoms with van der Waals surface area (Å²) >= 11 is 0. The summed E-state index contributed by atoms with van der Waals surface area (Å²) in [5.41, 5.74) is 0. The molecular weight excluding hydrogens is 174 g/mol. The van der Waals surface area contributed by atoms with E-state index in [9.17, 15) is 0 Å². The van der Waals surface area contributed by atoms with Crippen LogP contribution >= 0.6 is 0 Å². The zero-order valence-corrected chi connectivity index (χ0v) is 9.66. The number of piperazine rings is 2. The maximum absolute atomic E-state index is 3.67. The lowest BCUT2D eigenvalue weighted by Gasteiger charge is -2.46. The van der Waals surface area contributed by atoms with Gasteiger partial charge in [-0.05, 0) is 13.0 Å². The summed E-state index contributed by atoms with van der Waals surface area (Å²) in [5, 5.41) is 3.67. The number of rotatable bonds is 1. The Bertz CT molecular complexity index is 193. The van der Waals surface area contributed by atoms with Crippen molar-refractivity contribution in [1.82, 2.24) is 15.1 Å². The Morgan fingerprint density at radius 1 is 1.21 bits per heavy atom. The van der Waals surface area contributed by atoms with Crippen LogP contribution in [0.15, 0.2) is 0 Å². The van der Waals surface area contributed by atoms with E-state index in [1.807, 2.05) is 0 Å². The number of nitrogens with one attached hydrogen (secondary N) is 1. The number of hydrogen-bond donors (Lipinski definition) is 1. The minimum absolute atomic E-state index is 0.703. The van der Waals surface area contributed by atoms with E-state index in [1.165, 1.54) is 32.7 Å². The van der Waals surface area contributed by atoms with E-state index in [4.69, 9.17) is 0 Å². The lowest BCUT2D eigenvalue weighted by atomic mass is 9.98. The maximum Gasteiger partial charge on any atom is 0.0349 e. The first-order valence-electron chi connectivity index (χ1n) is 5.83. The molecule has 2 unspecified atom stereocenters. The van der Waals surface area contributed by atoms with Crippen molar-refractivity contribution in [3.05, 3.63) is 0 Å². The second-order valence-corrected chi connectivity index (χ2v) is 5.17. The molecule has 82 valence electrons. The molecule has 0 amide bonds. The Labute approximate surface area is 87.4 Å². The van der Waals surface area contributed by atoms with Crippen molar-refractivity contribution in [2.45, 2.75) is 25.9 Å². The summed E-state index contributed by atoms with van der Waals surface area (Å²) in [4.78, 5) is 5.11. The van der Waals surface area contributed by atoms with Crippen LogP contribution in [0.1, 0.15) is 13.8 Å². The molecule has 0 bridgehead atoms. The molecule has 0 aromatic carbocycles. The minimum Gasteiger partial charge on any atom is -0.311 e. The SMILES string of the molecule is CC(C)C1CN2CCN(C)CC2CN1. The lowest BCUT2D eigenvalue weighted by Crippen LogP contribution is -2.64. The van der Waals surface area contributed by atoms with E-state index in [0.29, 0.717) is 6.04 Å². The van der Waals surface area contributed by atoms with Crippen LogP contribution in [0, 0.1) is 5.92 Å². The summed E-state index contributed by atoms with van der Waals surface area (Å²) in [6.45, 7) is 10.8. The van der Waals surface area contributed by atoms with Crippen LogP contribution in [-0.2, 0) is 0 Å². The fourth-order valence-corrected chi connectivity index (χ4v) is 2.53. The molecule has 3 heteroatoms. The first-order chi connectivity index (χ1) is 6.66. The third-order valence-electron chi connectivity index (χ3n) is 3.66. The highest BCUT2D eigenvalue weighted by Gasteiger charge is 2.32. The second kappa shape index (κ2) is 4.17. The maximum atomic E-state index is 3.67. The van der Waals surface area contributed by atoms with Gasteiger partial charge in [-0.25, -0.2) is 0 Å². The predicted octanol–water partition coefficient (Wildman–Crippen LogP) is 0.230. The van der Waals surface area contributed by atoms with Gasteiger partial charge in [-0.1, -0.05) is 13.8 Å². The van der Waals surface area contributed by atoms with Gasteiger partial charge < -0.3 is 10.2 Å². The number of likely N-dealkylation sites (N-methyl/N-ethyl adjacent to an activating group) is 1. The first kappa shape index (κ1) is 10.4. The summed E-state index contributed by atoms with van der Waals surface area (Å²) in [6.07, 6.45) is 0. The third-order valence-corrected chi connectivity index (χ3v) is 3.66. The molecule has 14 heavy (non-hydrogen) atoms. The predicted molar refractivity (Wildman–Crippen MR) is 59.5 cm³/mol. The fraction of sp³-hybridized carbons (Fsp3) is 1.00. The molecule has 0 aromatic heterocycles. The molecular formula is C11H23N3. The van der Waals surface area contributed by atoms with Crippen molar-refractivity contribution in [3.8, 4) is 0 Å². The van der Waals surface area contributed by atoms with Crippen LogP contribution in [0.3, 0.4) is 0 Å². The minimum atomic E-state index is 0.703. The molecule has 2 atom stereocenters. The molecule has 2 fully saturated rings. The topological polar surface area (TPSA) is 18.5 Å². The van der Waals surface area contributed by atoms with Crippen LogP contribution < -0.4 is 5.32 Å². The normalized spacial score (nSPS) is 36.0. The molecule has 0 radical (unpaired) electrons. The van der Waals surface area contributed by atoms with Crippen molar-refractivity contribution in [2.75, 3.05) is 39.8 Å². The molecule has 2 heterocycles. The van der Waals surface area contributed by atoms with Crippen LogP contribution in [0.2, 0.25) is 0 Å². The standard InChI is InChI=1S/C11H23N3/c1-9(2)11-8-14-5-4-13(3)7-10(14)6-12-11/h9-12H,4-8H2,1-3H3. The van der Waals surface area contributed by atoms with E-state index in [2.05, 4.69) is 36.0 Å². The third kappa shape index (κ3) is 2.10. The lowest BCUT2D eigenvalue weighted by molar-refractivity contribution is 0.0455. The molecule has 2 aliphatic rings. The fourth-order valence-electron chi connectivity index (χ4n) is 2.53. The van der Waals surface area contributed by atoms with E-state index in [1.54, 1.807) is 0 Å². The van der Waals surface area contributed by atoms with Crippen molar-refractivity contribution in [2.24, 2.45) is 5.92 Å². The van der Waals surface area contributed by atoms with Crippen molar-refractivity contribution in [3.63, 3.8) is 0 Å².